The first-order valence-corrected chi connectivity index (χ1v) is 7.17. The van der Waals surface area contributed by atoms with E-state index in [2.05, 4.69) is 9.97 Å². The summed E-state index contributed by atoms with van der Waals surface area (Å²) >= 11 is 1.50. The van der Waals surface area contributed by atoms with Crippen molar-refractivity contribution in [3.63, 3.8) is 0 Å². The van der Waals surface area contributed by atoms with Gasteiger partial charge in [-0.3, -0.25) is 4.79 Å². The molecule has 0 spiro atoms. The third kappa shape index (κ3) is 2.67. The van der Waals surface area contributed by atoms with Crippen molar-refractivity contribution in [1.82, 2.24) is 9.97 Å². The molecule has 0 unspecified atom stereocenters. The summed E-state index contributed by atoms with van der Waals surface area (Å²) in [4.78, 5) is 19.2. The van der Waals surface area contributed by atoms with E-state index >= 15 is 0 Å². The summed E-state index contributed by atoms with van der Waals surface area (Å²) in [6.45, 7) is 0. The Balaban J connectivity index is 1.84. The topological polar surface area (TPSA) is 71.8 Å². The second kappa shape index (κ2) is 5.38. The number of benzene rings is 2. The van der Waals surface area contributed by atoms with E-state index < -0.39 is 0 Å². The lowest BCUT2D eigenvalue weighted by Gasteiger charge is -2.03. The third-order valence-electron chi connectivity index (χ3n) is 2.95. The molecule has 1 aromatic heterocycles. The van der Waals surface area contributed by atoms with Crippen molar-refractivity contribution in [2.75, 3.05) is 5.73 Å². The average molecular weight is 283 g/mol. The molecule has 1 heterocycles. The molecule has 0 aliphatic carbocycles. The van der Waals surface area contributed by atoms with Crippen LogP contribution >= 0.6 is 11.8 Å². The number of hydrogen-bond donors (Lipinski definition) is 2. The van der Waals surface area contributed by atoms with E-state index in [1.54, 1.807) is 6.07 Å². The molecule has 100 valence electrons. The lowest BCUT2D eigenvalue weighted by Crippen LogP contribution is -2.08. The van der Waals surface area contributed by atoms with Gasteiger partial charge >= 0.3 is 0 Å². The van der Waals surface area contributed by atoms with Crippen LogP contribution in [0.5, 0.6) is 0 Å². The van der Waals surface area contributed by atoms with Gasteiger partial charge in [0.2, 0.25) is 0 Å². The lowest BCUT2D eigenvalue weighted by atomic mass is 10.2. The molecule has 2 aromatic carbocycles. The number of nitrogens with one attached hydrogen (secondary N) is 1. The number of nitrogen functional groups attached to an aromatic ring is 1. The van der Waals surface area contributed by atoms with Crippen molar-refractivity contribution in [3.05, 3.63) is 64.4 Å². The van der Waals surface area contributed by atoms with E-state index in [9.17, 15) is 4.79 Å². The van der Waals surface area contributed by atoms with Crippen LogP contribution in [0, 0.1) is 0 Å². The second-order valence-electron chi connectivity index (χ2n) is 4.42. The standard InChI is InChI=1S/C15H13N3OS/c16-11-7-5-10(6-8-11)9-20-15-17-13-4-2-1-3-12(13)14(19)18-15/h1-8H,9,16H2,(H,17,18,19). The maximum atomic E-state index is 11.9. The quantitative estimate of drug-likeness (QED) is 0.440. The number of anilines is 1. The Bertz CT molecular complexity index is 796. The van der Waals surface area contributed by atoms with Crippen LogP contribution in [-0.2, 0) is 5.75 Å². The summed E-state index contributed by atoms with van der Waals surface area (Å²) in [6.07, 6.45) is 0. The highest BCUT2D eigenvalue weighted by atomic mass is 32.2. The summed E-state index contributed by atoms with van der Waals surface area (Å²) < 4.78 is 0. The first kappa shape index (κ1) is 12.7. The molecule has 3 rings (SSSR count). The number of nitrogens with zero attached hydrogens (tertiary/aromatic N) is 1. The second-order valence-corrected chi connectivity index (χ2v) is 5.38. The molecule has 20 heavy (non-hydrogen) atoms. The Labute approximate surface area is 120 Å². The fourth-order valence-electron chi connectivity index (χ4n) is 1.90. The van der Waals surface area contributed by atoms with Crippen LogP contribution in [0.4, 0.5) is 5.69 Å². The highest BCUT2D eigenvalue weighted by molar-refractivity contribution is 7.98. The SMILES string of the molecule is Nc1ccc(CSc2nc3ccccc3c(=O)[nH]2)cc1. The number of H-pyrrole nitrogens is 1. The Morgan fingerprint density at radius 2 is 1.85 bits per heavy atom. The van der Waals surface area contributed by atoms with Gasteiger partial charge in [0.15, 0.2) is 5.16 Å². The van der Waals surface area contributed by atoms with Gasteiger partial charge in [-0.15, -0.1) is 0 Å². The van der Waals surface area contributed by atoms with Crippen molar-refractivity contribution in [2.45, 2.75) is 10.9 Å². The maximum absolute atomic E-state index is 11.9. The molecule has 4 nitrogen and oxygen atoms in total. The number of rotatable bonds is 3. The predicted octanol–water partition coefficient (Wildman–Crippen LogP) is 2.80. The van der Waals surface area contributed by atoms with Crippen LogP contribution in [0.1, 0.15) is 5.56 Å². The van der Waals surface area contributed by atoms with Gasteiger partial charge in [-0.25, -0.2) is 4.98 Å². The molecule has 0 radical (unpaired) electrons. The Hall–Kier alpha value is -2.27. The summed E-state index contributed by atoms with van der Waals surface area (Å²) in [5.41, 5.74) is 8.15. The Kier molecular flexibility index (Phi) is 3.43. The number of thioether (sulfide) groups is 1. The smallest absolute Gasteiger partial charge is 0.259 e. The van der Waals surface area contributed by atoms with Gasteiger partial charge in [-0.05, 0) is 29.8 Å². The molecule has 0 aliphatic heterocycles. The van der Waals surface area contributed by atoms with E-state index in [0.717, 1.165) is 22.5 Å². The van der Waals surface area contributed by atoms with Crippen LogP contribution in [0.25, 0.3) is 10.9 Å². The van der Waals surface area contributed by atoms with Crippen molar-refractivity contribution >= 4 is 28.4 Å². The highest BCUT2D eigenvalue weighted by Gasteiger charge is 2.04. The van der Waals surface area contributed by atoms with Crippen molar-refractivity contribution in [3.8, 4) is 0 Å². The van der Waals surface area contributed by atoms with E-state index in [0.29, 0.717) is 10.5 Å². The highest BCUT2D eigenvalue weighted by Crippen LogP contribution is 2.20. The molecule has 0 atom stereocenters. The van der Waals surface area contributed by atoms with Crippen molar-refractivity contribution < 1.29 is 0 Å². The molecular formula is C15H13N3OS. The van der Waals surface area contributed by atoms with Crippen LogP contribution in [0.15, 0.2) is 58.5 Å². The number of aromatic nitrogens is 2. The first-order chi connectivity index (χ1) is 9.72. The third-order valence-corrected chi connectivity index (χ3v) is 3.89. The van der Waals surface area contributed by atoms with Crippen LogP contribution in [0.3, 0.4) is 0 Å². The zero-order valence-corrected chi connectivity index (χ0v) is 11.5. The fourth-order valence-corrected chi connectivity index (χ4v) is 2.72. The molecule has 0 bridgehead atoms. The number of aromatic amines is 1. The zero-order valence-electron chi connectivity index (χ0n) is 10.7. The first-order valence-electron chi connectivity index (χ1n) is 6.19. The van der Waals surface area contributed by atoms with Crippen LogP contribution in [0.2, 0.25) is 0 Å². The summed E-state index contributed by atoms with van der Waals surface area (Å²) in [6, 6.07) is 15.0. The van der Waals surface area contributed by atoms with Crippen molar-refractivity contribution in [2.24, 2.45) is 0 Å². The molecule has 0 aliphatic rings. The summed E-state index contributed by atoms with van der Waals surface area (Å²) in [7, 11) is 0. The number of nitrogens with two attached hydrogens (primary N) is 1. The maximum Gasteiger partial charge on any atom is 0.259 e. The lowest BCUT2D eigenvalue weighted by molar-refractivity contribution is 0.973. The van der Waals surface area contributed by atoms with E-state index in [4.69, 9.17) is 5.73 Å². The monoisotopic (exact) mass is 283 g/mol. The van der Waals surface area contributed by atoms with E-state index in [-0.39, 0.29) is 5.56 Å². The van der Waals surface area contributed by atoms with Gasteiger partial charge in [0, 0.05) is 11.4 Å². The molecule has 0 fully saturated rings. The minimum Gasteiger partial charge on any atom is -0.399 e. The molecule has 3 aromatic rings. The molecule has 0 saturated carbocycles. The van der Waals surface area contributed by atoms with Gasteiger partial charge in [0.1, 0.15) is 0 Å². The fraction of sp³-hybridized carbons (Fsp3) is 0.0667. The van der Waals surface area contributed by atoms with Gasteiger partial charge < -0.3 is 10.7 Å². The normalized spacial score (nSPS) is 10.8. The molecule has 0 amide bonds. The minimum absolute atomic E-state index is 0.101. The average Bonchev–Trinajstić information content (AvgIpc) is 2.47. The number of fused-ring (bicyclic) bond motifs is 1. The van der Waals surface area contributed by atoms with Crippen molar-refractivity contribution in [1.29, 1.82) is 0 Å². The largest absolute Gasteiger partial charge is 0.399 e. The minimum atomic E-state index is -0.101. The van der Waals surface area contributed by atoms with Gasteiger partial charge in [-0.1, -0.05) is 36.0 Å². The van der Waals surface area contributed by atoms with E-state index in [1.165, 1.54) is 11.8 Å². The van der Waals surface area contributed by atoms with Crippen LogP contribution in [-0.4, -0.2) is 9.97 Å². The summed E-state index contributed by atoms with van der Waals surface area (Å²) in [5, 5.41) is 1.25. The summed E-state index contributed by atoms with van der Waals surface area (Å²) in [5.74, 6) is 0.738. The predicted molar refractivity (Wildman–Crippen MR) is 82.8 cm³/mol. The molecule has 3 N–H and O–H groups in total. The Morgan fingerprint density at radius 3 is 2.65 bits per heavy atom. The van der Waals surface area contributed by atoms with Gasteiger partial charge in [0.25, 0.3) is 5.56 Å². The molecule has 0 saturated heterocycles. The Morgan fingerprint density at radius 1 is 1.10 bits per heavy atom. The zero-order chi connectivity index (χ0) is 13.9. The van der Waals surface area contributed by atoms with Gasteiger partial charge in [0.05, 0.1) is 10.9 Å². The van der Waals surface area contributed by atoms with Gasteiger partial charge in [-0.2, -0.15) is 0 Å². The molecule has 5 heteroatoms. The molecular weight excluding hydrogens is 270 g/mol. The number of para-hydroxylation sites is 1. The van der Waals surface area contributed by atoms with Crippen LogP contribution < -0.4 is 11.3 Å². The van der Waals surface area contributed by atoms with E-state index in [1.807, 2.05) is 42.5 Å². The number of hydrogen-bond acceptors (Lipinski definition) is 4.